The highest BCUT2D eigenvalue weighted by molar-refractivity contribution is 7.10. The van der Waals surface area contributed by atoms with E-state index in [2.05, 4.69) is 10.6 Å². The second-order valence-electron chi connectivity index (χ2n) is 6.53. The molecule has 0 spiro atoms. The Balaban J connectivity index is 1.37. The van der Waals surface area contributed by atoms with Crippen LogP contribution >= 0.6 is 11.3 Å². The first kappa shape index (κ1) is 19.1. The van der Waals surface area contributed by atoms with Crippen LogP contribution in [0.5, 0.6) is 0 Å². The van der Waals surface area contributed by atoms with Crippen molar-refractivity contribution in [2.45, 2.75) is 25.3 Å². The lowest BCUT2D eigenvalue weighted by molar-refractivity contribution is -0.131. The van der Waals surface area contributed by atoms with E-state index in [4.69, 9.17) is 0 Å². The first-order valence-corrected chi connectivity index (χ1v) is 9.92. The third-order valence-corrected chi connectivity index (χ3v) is 5.44. The Labute approximate surface area is 162 Å². The molecule has 0 bridgehead atoms. The molecule has 1 fully saturated rings. The number of likely N-dealkylation sites (tertiary alicyclic amines) is 1. The van der Waals surface area contributed by atoms with E-state index in [-0.39, 0.29) is 30.3 Å². The molecule has 3 rings (SSSR count). The first-order chi connectivity index (χ1) is 13.1. The second-order valence-corrected chi connectivity index (χ2v) is 7.56. The highest BCUT2D eigenvalue weighted by Crippen LogP contribution is 2.12. The van der Waals surface area contributed by atoms with Gasteiger partial charge in [-0.3, -0.25) is 14.4 Å². The lowest BCUT2D eigenvalue weighted by atomic mass is 10.0. The number of benzene rings is 1. The summed E-state index contributed by atoms with van der Waals surface area (Å²) in [5, 5.41) is 7.68. The van der Waals surface area contributed by atoms with Gasteiger partial charge in [-0.05, 0) is 36.4 Å². The second kappa shape index (κ2) is 9.32. The van der Waals surface area contributed by atoms with Gasteiger partial charge in [0.25, 0.3) is 5.91 Å². The van der Waals surface area contributed by atoms with E-state index in [9.17, 15) is 14.4 Å². The fourth-order valence-electron chi connectivity index (χ4n) is 3.08. The lowest BCUT2D eigenvalue weighted by Crippen LogP contribution is -2.49. The molecule has 1 aromatic carbocycles. The van der Waals surface area contributed by atoms with Crippen LogP contribution in [0.25, 0.3) is 0 Å². The van der Waals surface area contributed by atoms with Crippen molar-refractivity contribution in [1.82, 2.24) is 15.5 Å². The van der Waals surface area contributed by atoms with E-state index in [0.29, 0.717) is 25.1 Å². The van der Waals surface area contributed by atoms with Gasteiger partial charge in [-0.25, -0.2) is 0 Å². The molecule has 2 heterocycles. The standard InChI is InChI=1S/C20H23N3O3S/c24-18(13-17-7-4-12-27-17)22-16-8-10-23(11-9-16)19(25)14-21-20(26)15-5-2-1-3-6-15/h1-7,12,16H,8-11,13-14H2,(H,21,26)(H,22,24). The number of carbonyl (C=O) groups is 3. The zero-order valence-electron chi connectivity index (χ0n) is 15.0. The fourth-order valence-corrected chi connectivity index (χ4v) is 3.79. The minimum Gasteiger partial charge on any atom is -0.353 e. The molecule has 7 heteroatoms. The van der Waals surface area contributed by atoms with Crippen LogP contribution in [0.1, 0.15) is 28.1 Å². The van der Waals surface area contributed by atoms with E-state index in [1.54, 1.807) is 40.5 Å². The van der Waals surface area contributed by atoms with Gasteiger partial charge >= 0.3 is 0 Å². The quantitative estimate of drug-likeness (QED) is 0.796. The summed E-state index contributed by atoms with van der Waals surface area (Å²) in [6.45, 7) is 1.16. The summed E-state index contributed by atoms with van der Waals surface area (Å²) in [5.74, 6) is -0.320. The molecule has 0 aliphatic carbocycles. The predicted molar refractivity (Wildman–Crippen MR) is 105 cm³/mol. The average molecular weight is 385 g/mol. The largest absolute Gasteiger partial charge is 0.353 e. The van der Waals surface area contributed by atoms with Gasteiger partial charge < -0.3 is 15.5 Å². The number of amides is 3. The summed E-state index contributed by atoms with van der Waals surface area (Å²) < 4.78 is 0. The van der Waals surface area contributed by atoms with Gasteiger partial charge in [0, 0.05) is 29.6 Å². The molecule has 142 valence electrons. The zero-order valence-corrected chi connectivity index (χ0v) is 15.8. The molecule has 0 saturated carbocycles. The zero-order chi connectivity index (χ0) is 19.1. The maximum atomic E-state index is 12.3. The number of nitrogens with zero attached hydrogens (tertiary/aromatic N) is 1. The minimum absolute atomic E-state index is 0.0108. The van der Waals surface area contributed by atoms with Crippen LogP contribution in [-0.4, -0.2) is 48.3 Å². The molecule has 1 saturated heterocycles. The Morgan fingerprint density at radius 3 is 2.44 bits per heavy atom. The van der Waals surface area contributed by atoms with Crippen molar-refractivity contribution in [2.24, 2.45) is 0 Å². The third-order valence-electron chi connectivity index (χ3n) is 4.56. The lowest BCUT2D eigenvalue weighted by Gasteiger charge is -2.32. The van der Waals surface area contributed by atoms with Gasteiger partial charge in [0.2, 0.25) is 11.8 Å². The molecule has 0 radical (unpaired) electrons. The van der Waals surface area contributed by atoms with Crippen molar-refractivity contribution < 1.29 is 14.4 Å². The minimum atomic E-state index is -0.250. The summed E-state index contributed by atoms with van der Waals surface area (Å²) in [6.07, 6.45) is 1.87. The van der Waals surface area contributed by atoms with E-state index in [1.807, 2.05) is 23.6 Å². The average Bonchev–Trinajstić information content (AvgIpc) is 3.20. The highest BCUT2D eigenvalue weighted by atomic mass is 32.1. The maximum Gasteiger partial charge on any atom is 0.251 e. The van der Waals surface area contributed by atoms with E-state index < -0.39 is 0 Å². The van der Waals surface area contributed by atoms with Crippen molar-refractivity contribution in [3.05, 3.63) is 58.3 Å². The topological polar surface area (TPSA) is 78.5 Å². The molecule has 2 N–H and O–H groups in total. The van der Waals surface area contributed by atoms with Gasteiger partial charge in [0.1, 0.15) is 0 Å². The SMILES string of the molecule is O=C(Cc1cccs1)NC1CCN(C(=O)CNC(=O)c2ccccc2)CC1. The van der Waals surface area contributed by atoms with Crippen molar-refractivity contribution in [1.29, 1.82) is 0 Å². The molecule has 6 nitrogen and oxygen atoms in total. The van der Waals surface area contributed by atoms with Crippen molar-refractivity contribution in [2.75, 3.05) is 19.6 Å². The molecular weight excluding hydrogens is 362 g/mol. The smallest absolute Gasteiger partial charge is 0.251 e. The molecule has 3 amide bonds. The molecule has 27 heavy (non-hydrogen) atoms. The van der Waals surface area contributed by atoms with Crippen molar-refractivity contribution >= 4 is 29.1 Å². The molecule has 2 aromatic rings. The van der Waals surface area contributed by atoms with Gasteiger partial charge in [-0.2, -0.15) is 0 Å². The molecular formula is C20H23N3O3S. The Hall–Kier alpha value is -2.67. The maximum absolute atomic E-state index is 12.3. The predicted octanol–water partition coefficient (Wildman–Crippen LogP) is 1.83. The third kappa shape index (κ3) is 5.65. The Morgan fingerprint density at radius 2 is 1.78 bits per heavy atom. The molecule has 1 aromatic heterocycles. The van der Waals surface area contributed by atoms with Crippen LogP contribution in [0.4, 0.5) is 0 Å². The molecule has 1 aliphatic heterocycles. The van der Waals surface area contributed by atoms with Crippen molar-refractivity contribution in [3.8, 4) is 0 Å². The van der Waals surface area contributed by atoms with Crippen LogP contribution in [0, 0.1) is 0 Å². The van der Waals surface area contributed by atoms with Gasteiger partial charge in [0.15, 0.2) is 0 Å². The van der Waals surface area contributed by atoms with Crippen LogP contribution in [-0.2, 0) is 16.0 Å². The van der Waals surface area contributed by atoms with Crippen molar-refractivity contribution in [3.63, 3.8) is 0 Å². The number of piperidine rings is 1. The van der Waals surface area contributed by atoms with Gasteiger partial charge in [-0.15, -0.1) is 11.3 Å². The molecule has 0 atom stereocenters. The van der Waals surface area contributed by atoms with E-state index in [0.717, 1.165) is 17.7 Å². The molecule has 1 aliphatic rings. The Bertz CT molecular complexity index is 769. The van der Waals surface area contributed by atoms with Crippen LogP contribution in [0.2, 0.25) is 0 Å². The summed E-state index contributed by atoms with van der Waals surface area (Å²) in [6, 6.07) is 12.8. The molecule has 0 unspecified atom stereocenters. The number of hydrogen-bond acceptors (Lipinski definition) is 4. The summed E-state index contributed by atoms with van der Waals surface area (Å²) >= 11 is 1.58. The summed E-state index contributed by atoms with van der Waals surface area (Å²) in [4.78, 5) is 39.2. The first-order valence-electron chi connectivity index (χ1n) is 9.04. The normalized spacial score (nSPS) is 14.6. The summed E-state index contributed by atoms with van der Waals surface area (Å²) in [5.41, 5.74) is 0.539. The fraction of sp³-hybridized carbons (Fsp3) is 0.350. The highest BCUT2D eigenvalue weighted by Gasteiger charge is 2.24. The monoisotopic (exact) mass is 385 g/mol. The summed E-state index contributed by atoms with van der Waals surface area (Å²) in [7, 11) is 0. The Kier molecular flexibility index (Phi) is 6.59. The van der Waals surface area contributed by atoms with Crippen LogP contribution in [0.15, 0.2) is 47.8 Å². The Morgan fingerprint density at radius 1 is 1.04 bits per heavy atom. The van der Waals surface area contributed by atoms with Crippen LogP contribution in [0.3, 0.4) is 0 Å². The van der Waals surface area contributed by atoms with E-state index >= 15 is 0 Å². The number of thiophene rings is 1. The van der Waals surface area contributed by atoms with E-state index in [1.165, 1.54) is 0 Å². The van der Waals surface area contributed by atoms with Crippen LogP contribution < -0.4 is 10.6 Å². The number of rotatable bonds is 6. The number of nitrogens with one attached hydrogen (secondary N) is 2. The number of carbonyl (C=O) groups excluding carboxylic acids is 3. The number of hydrogen-bond donors (Lipinski definition) is 2. The van der Waals surface area contributed by atoms with Gasteiger partial charge in [0.05, 0.1) is 13.0 Å². The van der Waals surface area contributed by atoms with Gasteiger partial charge in [-0.1, -0.05) is 24.3 Å².